The molecule has 0 spiro atoms. The van der Waals surface area contributed by atoms with Crippen molar-refractivity contribution in [1.29, 1.82) is 0 Å². The summed E-state index contributed by atoms with van der Waals surface area (Å²) in [6.07, 6.45) is -2.32. The summed E-state index contributed by atoms with van der Waals surface area (Å²) in [6, 6.07) is 5.64. The molecule has 0 bridgehead atoms. The second kappa shape index (κ2) is 6.15. The topological polar surface area (TPSA) is 15.3 Å². The standard InChI is InChI=1S/C11H15BrF2N2/c1-15-6-8-5-9(12)3-4-10(8)16(2)7-11(13)14/h3-5,11,15H,6-7H2,1-2H3. The minimum absolute atomic E-state index is 0.252. The van der Waals surface area contributed by atoms with Crippen molar-refractivity contribution in [3.8, 4) is 0 Å². The number of nitrogens with zero attached hydrogens (tertiary/aromatic N) is 1. The molecule has 0 aliphatic carbocycles. The highest BCUT2D eigenvalue weighted by Crippen LogP contribution is 2.24. The number of nitrogens with one attached hydrogen (secondary N) is 1. The molecular formula is C11H15BrF2N2. The van der Waals surface area contributed by atoms with Crippen molar-refractivity contribution in [2.75, 3.05) is 25.5 Å². The summed E-state index contributed by atoms with van der Waals surface area (Å²) < 4.78 is 25.6. The van der Waals surface area contributed by atoms with Crippen LogP contribution in [-0.2, 0) is 6.54 Å². The summed E-state index contributed by atoms with van der Waals surface area (Å²) in [6.45, 7) is 0.403. The van der Waals surface area contributed by atoms with E-state index in [9.17, 15) is 8.78 Å². The summed E-state index contributed by atoms with van der Waals surface area (Å²) in [5.74, 6) is 0. The van der Waals surface area contributed by atoms with Crippen LogP contribution in [0.4, 0.5) is 14.5 Å². The Labute approximate surface area is 103 Å². The third-order valence-electron chi connectivity index (χ3n) is 2.23. The molecule has 0 radical (unpaired) electrons. The Hall–Kier alpha value is -0.680. The lowest BCUT2D eigenvalue weighted by atomic mass is 10.1. The van der Waals surface area contributed by atoms with Crippen LogP contribution in [0.15, 0.2) is 22.7 Å². The molecule has 90 valence electrons. The maximum Gasteiger partial charge on any atom is 0.255 e. The molecular weight excluding hydrogens is 278 g/mol. The zero-order chi connectivity index (χ0) is 12.1. The molecule has 1 N–H and O–H groups in total. The average molecular weight is 293 g/mol. The molecule has 0 saturated carbocycles. The van der Waals surface area contributed by atoms with Crippen molar-refractivity contribution in [3.63, 3.8) is 0 Å². The SMILES string of the molecule is CNCc1cc(Br)ccc1N(C)CC(F)F. The molecule has 2 nitrogen and oxygen atoms in total. The van der Waals surface area contributed by atoms with E-state index in [1.54, 1.807) is 11.9 Å². The molecule has 0 heterocycles. The number of benzene rings is 1. The highest BCUT2D eigenvalue weighted by molar-refractivity contribution is 9.10. The summed E-state index contributed by atoms with van der Waals surface area (Å²) in [5, 5.41) is 3.02. The van der Waals surface area contributed by atoms with Crippen LogP contribution in [-0.4, -0.2) is 27.1 Å². The lowest BCUT2D eigenvalue weighted by Gasteiger charge is -2.22. The normalized spacial score (nSPS) is 10.9. The minimum atomic E-state index is -2.32. The first kappa shape index (κ1) is 13.4. The third-order valence-corrected chi connectivity index (χ3v) is 2.73. The van der Waals surface area contributed by atoms with Crippen LogP contribution < -0.4 is 10.2 Å². The van der Waals surface area contributed by atoms with Gasteiger partial charge in [0.25, 0.3) is 6.43 Å². The van der Waals surface area contributed by atoms with E-state index >= 15 is 0 Å². The van der Waals surface area contributed by atoms with Crippen LogP contribution in [0.5, 0.6) is 0 Å². The Morgan fingerprint density at radius 2 is 2.12 bits per heavy atom. The molecule has 0 atom stereocenters. The molecule has 5 heteroatoms. The molecule has 0 fully saturated rings. The van der Waals surface area contributed by atoms with Gasteiger partial charge >= 0.3 is 0 Å². The number of halogens is 3. The van der Waals surface area contributed by atoms with E-state index in [1.165, 1.54) is 0 Å². The fourth-order valence-electron chi connectivity index (χ4n) is 1.56. The predicted molar refractivity (Wildman–Crippen MR) is 66.2 cm³/mol. The van der Waals surface area contributed by atoms with E-state index in [0.717, 1.165) is 15.7 Å². The summed E-state index contributed by atoms with van der Waals surface area (Å²) >= 11 is 3.37. The van der Waals surface area contributed by atoms with E-state index < -0.39 is 6.43 Å². The fourth-order valence-corrected chi connectivity index (χ4v) is 1.97. The summed E-state index contributed by atoms with van der Waals surface area (Å²) in [4.78, 5) is 1.57. The maximum atomic E-state index is 12.3. The molecule has 16 heavy (non-hydrogen) atoms. The van der Waals surface area contributed by atoms with E-state index in [2.05, 4.69) is 21.2 Å². The number of rotatable bonds is 5. The second-order valence-corrected chi connectivity index (χ2v) is 4.49. The van der Waals surface area contributed by atoms with Crippen molar-refractivity contribution in [1.82, 2.24) is 5.32 Å². The van der Waals surface area contributed by atoms with Gasteiger partial charge < -0.3 is 10.2 Å². The lowest BCUT2D eigenvalue weighted by molar-refractivity contribution is 0.156. The first-order valence-corrected chi connectivity index (χ1v) is 5.76. The summed E-state index contributed by atoms with van der Waals surface area (Å²) in [5.41, 5.74) is 1.83. The van der Waals surface area contributed by atoms with Gasteiger partial charge in [-0.15, -0.1) is 0 Å². The lowest BCUT2D eigenvalue weighted by Crippen LogP contribution is -2.25. The molecule has 0 amide bonds. The maximum absolute atomic E-state index is 12.3. The van der Waals surface area contributed by atoms with Crippen LogP contribution >= 0.6 is 15.9 Å². The van der Waals surface area contributed by atoms with Gasteiger partial charge in [0.2, 0.25) is 0 Å². The van der Waals surface area contributed by atoms with Crippen molar-refractivity contribution in [2.24, 2.45) is 0 Å². The van der Waals surface area contributed by atoms with Gasteiger partial charge in [-0.05, 0) is 30.8 Å². The van der Waals surface area contributed by atoms with Crippen molar-refractivity contribution in [2.45, 2.75) is 13.0 Å². The van der Waals surface area contributed by atoms with Gasteiger partial charge in [-0.3, -0.25) is 0 Å². The molecule has 1 aromatic rings. The largest absolute Gasteiger partial charge is 0.369 e. The zero-order valence-electron chi connectivity index (χ0n) is 9.30. The molecule has 1 rings (SSSR count). The number of anilines is 1. The first-order chi connectivity index (χ1) is 7.54. The van der Waals surface area contributed by atoms with Gasteiger partial charge in [-0.25, -0.2) is 8.78 Å². The van der Waals surface area contributed by atoms with Crippen LogP contribution in [0, 0.1) is 0 Å². The number of hydrogen-bond acceptors (Lipinski definition) is 2. The van der Waals surface area contributed by atoms with Gasteiger partial charge in [0, 0.05) is 23.8 Å². The first-order valence-electron chi connectivity index (χ1n) is 4.97. The van der Waals surface area contributed by atoms with E-state index in [4.69, 9.17) is 0 Å². The highest BCUT2D eigenvalue weighted by atomic mass is 79.9. The third kappa shape index (κ3) is 3.72. The molecule has 0 aliphatic heterocycles. The molecule has 0 aliphatic rings. The molecule has 0 unspecified atom stereocenters. The average Bonchev–Trinajstić information content (AvgIpc) is 2.17. The Bertz CT molecular complexity index is 345. The van der Waals surface area contributed by atoms with Gasteiger partial charge in [0.15, 0.2) is 0 Å². The van der Waals surface area contributed by atoms with E-state index in [0.29, 0.717) is 6.54 Å². The fraction of sp³-hybridized carbons (Fsp3) is 0.455. The molecule has 0 saturated heterocycles. The minimum Gasteiger partial charge on any atom is -0.369 e. The number of alkyl halides is 2. The van der Waals surface area contributed by atoms with Crippen LogP contribution in [0.2, 0.25) is 0 Å². The van der Waals surface area contributed by atoms with Crippen molar-refractivity contribution in [3.05, 3.63) is 28.2 Å². The summed E-state index contributed by atoms with van der Waals surface area (Å²) in [7, 11) is 3.51. The zero-order valence-corrected chi connectivity index (χ0v) is 10.9. The van der Waals surface area contributed by atoms with Crippen molar-refractivity contribution < 1.29 is 8.78 Å². The van der Waals surface area contributed by atoms with E-state index in [1.807, 2.05) is 25.2 Å². The van der Waals surface area contributed by atoms with Crippen LogP contribution in [0.3, 0.4) is 0 Å². The Kier molecular flexibility index (Phi) is 5.15. The van der Waals surface area contributed by atoms with Gasteiger partial charge in [-0.2, -0.15) is 0 Å². The highest BCUT2D eigenvalue weighted by Gasteiger charge is 2.12. The molecule has 1 aromatic carbocycles. The smallest absolute Gasteiger partial charge is 0.255 e. The predicted octanol–water partition coefficient (Wildman–Crippen LogP) is 2.87. The second-order valence-electron chi connectivity index (χ2n) is 3.57. The van der Waals surface area contributed by atoms with Crippen LogP contribution in [0.1, 0.15) is 5.56 Å². The van der Waals surface area contributed by atoms with Gasteiger partial charge in [-0.1, -0.05) is 15.9 Å². The van der Waals surface area contributed by atoms with E-state index in [-0.39, 0.29) is 6.54 Å². The Morgan fingerprint density at radius 3 is 2.69 bits per heavy atom. The van der Waals surface area contributed by atoms with Crippen LogP contribution in [0.25, 0.3) is 0 Å². The number of hydrogen-bond donors (Lipinski definition) is 1. The Balaban J connectivity index is 2.92. The van der Waals surface area contributed by atoms with Gasteiger partial charge in [0.05, 0.1) is 6.54 Å². The molecule has 0 aromatic heterocycles. The van der Waals surface area contributed by atoms with Crippen molar-refractivity contribution >= 4 is 21.6 Å². The quantitative estimate of drug-likeness (QED) is 0.898. The van der Waals surface area contributed by atoms with Gasteiger partial charge in [0.1, 0.15) is 0 Å². The monoisotopic (exact) mass is 292 g/mol. The Morgan fingerprint density at radius 1 is 1.44 bits per heavy atom.